The van der Waals surface area contributed by atoms with Crippen LogP contribution in [0.25, 0.3) is 0 Å². The maximum atomic E-state index is 5.23. The van der Waals surface area contributed by atoms with E-state index >= 15 is 0 Å². The third-order valence-electron chi connectivity index (χ3n) is 4.30. The van der Waals surface area contributed by atoms with Gasteiger partial charge in [-0.1, -0.05) is 19.1 Å². The number of likely N-dealkylation sites (N-methyl/N-ethyl adjacent to an activating group) is 1. The minimum atomic E-state index is 0.371. The molecule has 0 saturated carbocycles. The van der Waals surface area contributed by atoms with Crippen LogP contribution in [0.2, 0.25) is 0 Å². The number of hydrogen-bond acceptors (Lipinski definition) is 3. The zero-order valence-electron chi connectivity index (χ0n) is 12.5. The quantitative estimate of drug-likeness (QED) is 0.883. The van der Waals surface area contributed by atoms with E-state index in [9.17, 15) is 0 Å². The number of methoxy groups -OCH3 is 1. The van der Waals surface area contributed by atoms with Crippen molar-refractivity contribution in [1.82, 2.24) is 10.2 Å². The van der Waals surface area contributed by atoms with Gasteiger partial charge in [-0.25, -0.2) is 0 Å². The second-order valence-electron chi connectivity index (χ2n) is 5.67. The maximum absolute atomic E-state index is 5.23. The van der Waals surface area contributed by atoms with Gasteiger partial charge in [0.15, 0.2) is 0 Å². The van der Waals surface area contributed by atoms with Crippen molar-refractivity contribution in [3.05, 3.63) is 29.8 Å². The van der Waals surface area contributed by atoms with Gasteiger partial charge in [-0.3, -0.25) is 4.90 Å². The van der Waals surface area contributed by atoms with Crippen molar-refractivity contribution in [2.75, 3.05) is 27.2 Å². The average Bonchev–Trinajstić information content (AvgIpc) is 2.87. The van der Waals surface area contributed by atoms with Gasteiger partial charge in [0.2, 0.25) is 0 Å². The van der Waals surface area contributed by atoms with E-state index in [4.69, 9.17) is 4.74 Å². The molecule has 0 amide bonds. The molecule has 3 heteroatoms. The molecule has 1 N–H and O–H groups in total. The van der Waals surface area contributed by atoms with Crippen LogP contribution in [0.15, 0.2) is 24.3 Å². The molecule has 2 rings (SSSR count). The minimum Gasteiger partial charge on any atom is -0.497 e. The van der Waals surface area contributed by atoms with Crippen LogP contribution in [0.3, 0.4) is 0 Å². The topological polar surface area (TPSA) is 24.5 Å². The highest BCUT2D eigenvalue weighted by atomic mass is 16.5. The lowest BCUT2D eigenvalue weighted by Crippen LogP contribution is -2.40. The molecule has 3 unspecified atom stereocenters. The Bertz CT molecular complexity index is 390. The molecule has 3 nitrogen and oxygen atoms in total. The van der Waals surface area contributed by atoms with E-state index in [0.29, 0.717) is 12.1 Å². The summed E-state index contributed by atoms with van der Waals surface area (Å²) in [5, 5.41) is 3.46. The summed E-state index contributed by atoms with van der Waals surface area (Å²) < 4.78 is 5.23. The fraction of sp³-hybridized carbons (Fsp3) is 0.625. The van der Waals surface area contributed by atoms with Crippen molar-refractivity contribution in [2.45, 2.75) is 32.4 Å². The van der Waals surface area contributed by atoms with Crippen LogP contribution in [0.5, 0.6) is 5.75 Å². The van der Waals surface area contributed by atoms with Crippen LogP contribution < -0.4 is 10.1 Å². The Hall–Kier alpha value is -1.06. The Morgan fingerprint density at radius 2 is 2.00 bits per heavy atom. The second-order valence-corrected chi connectivity index (χ2v) is 5.67. The number of ether oxygens (including phenoxy) is 1. The molecule has 0 aromatic heterocycles. The van der Waals surface area contributed by atoms with Crippen LogP contribution >= 0.6 is 0 Å². The summed E-state index contributed by atoms with van der Waals surface area (Å²) in [4.78, 5) is 2.59. The predicted molar refractivity (Wildman–Crippen MR) is 79.6 cm³/mol. The SMILES string of the molecule is CNC(c1ccc(OC)cc1)C(C)N1CCC(C)C1. The number of rotatable bonds is 5. The van der Waals surface area contributed by atoms with Crippen molar-refractivity contribution in [3.63, 3.8) is 0 Å². The molecule has 19 heavy (non-hydrogen) atoms. The Kier molecular flexibility index (Phi) is 4.83. The molecular formula is C16H26N2O. The van der Waals surface area contributed by atoms with Crippen molar-refractivity contribution in [3.8, 4) is 5.75 Å². The van der Waals surface area contributed by atoms with E-state index in [0.717, 1.165) is 11.7 Å². The first-order valence-electron chi connectivity index (χ1n) is 7.21. The monoisotopic (exact) mass is 262 g/mol. The lowest BCUT2D eigenvalue weighted by molar-refractivity contribution is 0.206. The molecule has 106 valence electrons. The molecule has 0 bridgehead atoms. The summed E-state index contributed by atoms with van der Waals surface area (Å²) in [5.41, 5.74) is 1.33. The molecule has 3 atom stereocenters. The number of benzene rings is 1. The van der Waals surface area contributed by atoms with Gasteiger partial charge in [-0.15, -0.1) is 0 Å². The first-order valence-corrected chi connectivity index (χ1v) is 7.21. The van der Waals surface area contributed by atoms with Crippen molar-refractivity contribution < 1.29 is 4.74 Å². The van der Waals surface area contributed by atoms with Crippen LogP contribution in [0, 0.1) is 5.92 Å². The van der Waals surface area contributed by atoms with Crippen molar-refractivity contribution in [2.24, 2.45) is 5.92 Å². The second kappa shape index (κ2) is 6.40. The van der Waals surface area contributed by atoms with Gasteiger partial charge in [-0.2, -0.15) is 0 Å². The third kappa shape index (κ3) is 3.28. The normalized spacial score (nSPS) is 23.3. The fourth-order valence-corrected chi connectivity index (χ4v) is 3.05. The standard InChI is InChI=1S/C16H26N2O/c1-12-9-10-18(11-12)13(2)16(17-3)14-5-7-15(19-4)8-6-14/h5-8,12-13,16-17H,9-11H2,1-4H3. The Balaban J connectivity index is 2.09. The maximum Gasteiger partial charge on any atom is 0.118 e. The highest BCUT2D eigenvalue weighted by Crippen LogP contribution is 2.27. The number of nitrogens with one attached hydrogen (secondary N) is 1. The van der Waals surface area contributed by atoms with Gasteiger partial charge in [-0.05, 0) is 50.6 Å². The van der Waals surface area contributed by atoms with Crippen molar-refractivity contribution in [1.29, 1.82) is 0 Å². The van der Waals surface area contributed by atoms with Gasteiger partial charge in [0.1, 0.15) is 5.75 Å². The van der Waals surface area contributed by atoms with Gasteiger partial charge in [0.05, 0.1) is 7.11 Å². The van der Waals surface area contributed by atoms with Crippen LogP contribution in [0.1, 0.15) is 31.9 Å². The Labute approximate surface area is 116 Å². The average molecular weight is 262 g/mol. The minimum absolute atomic E-state index is 0.371. The smallest absolute Gasteiger partial charge is 0.118 e. The molecule has 1 aromatic carbocycles. The molecule has 1 aliphatic heterocycles. The number of nitrogens with zero attached hydrogens (tertiary/aromatic N) is 1. The molecule has 1 saturated heterocycles. The molecular weight excluding hydrogens is 236 g/mol. The largest absolute Gasteiger partial charge is 0.497 e. The summed E-state index contributed by atoms with van der Waals surface area (Å²) >= 11 is 0. The summed E-state index contributed by atoms with van der Waals surface area (Å²) in [5.74, 6) is 1.75. The zero-order valence-corrected chi connectivity index (χ0v) is 12.5. The molecule has 1 fully saturated rings. The Morgan fingerprint density at radius 1 is 1.32 bits per heavy atom. The number of hydrogen-bond donors (Lipinski definition) is 1. The van der Waals surface area contributed by atoms with Gasteiger partial charge in [0.25, 0.3) is 0 Å². The summed E-state index contributed by atoms with van der Waals surface area (Å²) in [6.07, 6.45) is 1.32. The third-order valence-corrected chi connectivity index (χ3v) is 4.30. The molecule has 1 heterocycles. The highest BCUT2D eigenvalue weighted by molar-refractivity contribution is 5.29. The Morgan fingerprint density at radius 3 is 2.47 bits per heavy atom. The van der Waals surface area contributed by atoms with Gasteiger partial charge < -0.3 is 10.1 Å². The molecule has 0 radical (unpaired) electrons. The summed E-state index contributed by atoms with van der Waals surface area (Å²) in [6.45, 7) is 7.10. The molecule has 0 aliphatic carbocycles. The fourth-order valence-electron chi connectivity index (χ4n) is 3.05. The van der Waals surface area contributed by atoms with Crippen LogP contribution in [0.4, 0.5) is 0 Å². The first-order chi connectivity index (χ1) is 9.15. The molecule has 1 aromatic rings. The molecule has 1 aliphatic rings. The summed E-state index contributed by atoms with van der Waals surface area (Å²) in [6, 6.07) is 9.30. The lowest BCUT2D eigenvalue weighted by atomic mass is 9.99. The van der Waals surface area contributed by atoms with Crippen LogP contribution in [-0.2, 0) is 0 Å². The summed E-state index contributed by atoms with van der Waals surface area (Å²) in [7, 11) is 3.75. The zero-order chi connectivity index (χ0) is 13.8. The van der Waals surface area contributed by atoms with Gasteiger partial charge in [0, 0.05) is 18.6 Å². The van der Waals surface area contributed by atoms with E-state index in [2.05, 4.69) is 36.2 Å². The van der Waals surface area contributed by atoms with E-state index in [1.165, 1.54) is 25.1 Å². The number of likely N-dealkylation sites (tertiary alicyclic amines) is 1. The van der Waals surface area contributed by atoms with E-state index in [-0.39, 0.29) is 0 Å². The van der Waals surface area contributed by atoms with Crippen LogP contribution in [-0.4, -0.2) is 38.2 Å². The van der Waals surface area contributed by atoms with Crippen molar-refractivity contribution >= 4 is 0 Å². The van der Waals surface area contributed by atoms with E-state index < -0.39 is 0 Å². The predicted octanol–water partition coefficient (Wildman–Crippen LogP) is 2.69. The first kappa shape index (κ1) is 14.4. The van der Waals surface area contributed by atoms with E-state index in [1.54, 1.807) is 7.11 Å². The highest BCUT2D eigenvalue weighted by Gasteiger charge is 2.28. The van der Waals surface area contributed by atoms with Gasteiger partial charge >= 0.3 is 0 Å². The lowest BCUT2D eigenvalue weighted by Gasteiger charge is -2.32. The van der Waals surface area contributed by atoms with E-state index in [1.807, 2.05) is 19.2 Å². The molecule has 0 spiro atoms.